The van der Waals surface area contributed by atoms with Gasteiger partial charge in [0.05, 0.1) is 14.2 Å². The SMILES string of the molecule is COc1cc(/C(C)=C/CCCN)c(OC)cc1C. The van der Waals surface area contributed by atoms with E-state index in [9.17, 15) is 0 Å². The Balaban J connectivity index is 3.09. The normalized spacial score (nSPS) is 11.5. The van der Waals surface area contributed by atoms with Crippen LogP contribution in [0.25, 0.3) is 5.57 Å². The first-order chi connectivity index (χ1) is 8.63. The van der Waals surface area contributed by atoms with Crippen LogP contribution in [-0.2, 0) is 0 Å². The highest BCUT2D eigenvalue weighted by molar-refractivity contribution is 5.71. The molecular formula is C15H23NO2. The molecule has 3 heteroatoms. The van der Waals surface area contributed by atoms with Gasteiger partial charge in [0.25, 0.3) is 0 Å². The highest BCUT2D eigenvalue weighted by Gasteiger charge is 2.09. The molecule has 0 bridgehead atoms. The number of ether oxygens (including phenoxy) is 2. The maximum absolute atomic E-state index is 5.50. The summed E-state index contributed by atoms with van der Waals surface area (Å²) in [5.41, 5.74) is 8.85. The molecule has 0 aliphatic rings. The second-order valence-corrected chi connectivity index (χ2v) is 4.34. The van der Waals surface area contributed by atoms with Crippen LogP contribution in [0.4, 0.5) is 0 Å². The van der Waals surface area contributed by atoms with E-state index in [1.54, 1.807) is 14.2 Å². The van der Waals surface area contributed by atoms with Crippen molar-refractivity contribution < 1.29 is 9.47 Å². The number of benzene rings is 1. The summed E-state index contributed by atoms with van der Waals surface area (Å²) in [6, 6.07) is 4.04. The molecule has 0 aliphatic carbocycles. The first-order valence-corrected chi connectivity index (χ1v) is 6.23. The standard InChI is InChI=1S/C15H23NO2/c1-11(7-5-6-8-16)13-10-14(17-3)12(2)9-15(13)18-4/h7,9-10H,5-6,8,16H2,1-4H3/b11-7+. The summed E-state index contributed by atoms with van der Waals surface area (Å²) in [7, 11) is 3.38. The highest BCUT2D eigenvalue weighted by atomic mass is 16.5. The number of methoxy groups -OCH3 is 2. The first kappa shape index (κ1) is 14.6. The quantitative estimate of drug-likeness (QED) is 0.788. The molecule has 0 heterocycles. The van der Waals surface area contributed by atoms with Crippen LogP contribution >= 0.6 is 0 Å². The summed E-state index contributed by atoms with van der Waals surface area (Å²) in [5.74, 6) is 1.77. The van der Waals surface area contributed by atoms with Crippen molar-refractivity contribution >= 4 is 5.57 Å². The fraction of sp³-hybridized carbons (Fsp3) is 0.467. The monoisotopic (exact) mass is 249 g/mol. The third-order valence-corrected chi connectivity index (χ3v) is 3.00. The Kier molecular flexibility index (Phi) is 5.72. The fourth-order valence-electron chi connectivity index (χ4n) is 1.90. The molecule has 0 saturated carbocycles. The minimum atomic E-state index is 0.720. The molecule has 100 valence electrons. The lowest BCUT2D eigenvalue weighted by Gasteiger charge is -2.13. The average molecular weight is 249 g/mol. The molecule has 1 aromatic rings. The first-order valence-electron chi connectivity index (χ1n) is 6.23. The van der Waals surface area contributed by atoms with Gasteiger partial charge in [-0.3, -0.25) is 0 Å². The van der Waals surface area contributed by atoms with Gasteiger partial charge in [-0.25, -0.2) is 0 Å². The highest BCUT2D eigenvalue weighted by Crippen LogP contribution is 2.33. The largest absolute Gasteiger partial charge is 0.496 e. The predicted molar refractivity (Wildman–Crippen MR) is 76.2 cm³/mol. The number of aryl methyl sites for hydroxylation is 1. The molecule has 0 radical (unpaired) electrons. The van der Waals surface area contributed by atoms with Gasteiger partial charge in [-0.05, 0) is 56.5 Å². The zero-order valence-corrected chi connectivity index (χ0v) is 11.7. The predicted octanol–water partition coefficient (Wildman–Crippen LogP) is 3.15. The van der Waals surface area contributed by atoms with E-state index in [-0.39, 0.29) is 0 Å². The van der Waals surface area contributed by atoms with Crippen LogP contribution in [0.3, 0.4) is 0 Å². The molecule has 0 saturated heterocycles. The maximum Gasteiger partial charge on any atom is 0.126 e. The Morgan fingerprint density at radius 3 is 2.44 bits per heavy atom. The molecule has 0 aromatic heterocycles. The van der Waals surface area contributed by atoms with Gasteiger partial charge in [0.15, 0.2) is 0 Å². The third-order valence-electron chi connectivity index (χ3n) is 3.00. The number of nitrogens with two attached hydrogens (primary N) is 1. The van der Waals surface area contributed by atoms with Gasteiger partial charge in [-0.2, -0.15) is 0 Å². The van der Waals surface area contributed by atoms with Crippen LogP contribution in [0.1, 0.15) is 30.9 Å². The van der Waals surface area contributed by atoms with E-state index in [0.717, 1.165) is 42.0 Å². The van der Waals surface area contributed by atoms with Crippen LogP contribution in [0.5, 0.6) is 11.5 Å². The minimum absolute atomic E-state index is 0.720. The van der Waals surface area contributed by atoms with Gasteiger partial charge in [-0.1, -0.05) is 6.08 Å². The molecule has 0 fully saturated rings. The molecule has 0 spiro atoms. The van der Waals surface area contributed by atoms with E-state index < -0.39 is 0 Å². The Morgan fingerprint density at radius 1 is 1.22 bits per heavy atom. The minimum Gasteiger partial charge on any atom is -0.496 e. The van der Waals surface area contributed by atoms with E-state index in [2.05, 4.69) is 13.0 Å². The topological polar surface area (TPSA) is 44.5 Å². The number of rotatable bonds is 6. The lowest BCUT2D eigenvalue weighted by atomic mass is 10.0. The summed E-state index contributed by atoms with van der Waals surface area (Å²) in [4.78, 5) is 0. The molecule has 18 heavy (non-hydrogen) atoms. The smallest absolute Gasteiger partial charge is 0.126 e. The second kappa shape index (κ2) is 7.07. The van der Waals surface area contributed by atoms with Crippen molar-refractivity contribution in [2.45, 2.75) is 26.7 Å². The van der Waals surface area contributed by atoms with Crippen molar-refractivity contribution in [1.82, 2.24) is 0 Å². The van der Waals surface area contributed by atoms with Crippen LogP contribution < -0.4 is 15.2 Å². The van der Waals surface area contributed by atoms with Gasteiger partial charge >= 0.3 is 0 Å². The van der Waals surface area contributed by atoms with Crippen LogP contribution in [0, 0.1) is 6.92 Å². The fourth-order valence-corrected chi connectivity index (χ4v) is 1.90. The van der Waals surface area contributed by atoms with E-state index in [0.29, 0.717) is 0 Å². The van der Waals surface area contributed by atoms with Gasteiger partial charge in [0, 0.05) is 5.56 Å². The molecule has 2 N–H and O–H groups in total. The van der Waals surface area contributed by atoms with Gasteiger partial charge in [0.1, 0.15) is 11.5 Å². The second-order valence-electron chi connectivity index (χ2n) is 4.34. The number of allylic oxidation sites excluding steroid dienone is 2. The van der Waals surface area contributed by atoms with Crippen molar-refractivity contribution in [3.8, 4) is 11.5 Å². The summed E-state index contributed by atoms with van der Waals surface area (Å²) < 4.78 is 10.8. The Hall–Kier alpha value is -1.48. The van der Waals surface area contributed by atoms with E-state index >= 15 is 0 Å². The van der Waals surface area contributed by atoms with Crippen LogP contribution in [0.2, 0.25) is 0 Å². The summed E-state index contributed by atoms with van der Waals surface area (Å²) in [6.45, 7) is 4.82. The Bertz CT molecular complexity index is 425. The van der Waals surface area contributed by atoms with Crippen molar-refractivity contribution in [2.75, 3.05) is 20.8 Å². The van der Waals surface area contributed by atoms with Crippen LogP contribution in [0.15, 0.2) is 18.2 Å². The van der Waals surface area contributed by atoms with Crippen molar-refractivity contribution in [3.63, 3.8) is 0 Å². The molecular weight excluding hydrogens is 226 g/mol. The lowest BCUT2D eigenvalue weighted by molar-refractivity contribution is 0.399. The molecule has 0 unspecified atom stereocenters. The molecule has 0 aliphatic heterocycles. The van der Waals surface area contributed by atoms with Gasteiger partial charge in [-0.15, -0.1) is 0 Å². The molecule has 0 amide bonds. The van der Waals surface area contributed by atoms with Crippen LogP contribution in [-0.4, -0.2) is 20.8 Å². The van der Waals surface area contributed by atoms with Crippen molar-refractivity contribution in [3.05, 3.63) is 29.3 Å². The molecule has 3 nitrogen and oxygen atoms in total. The average Bonchev–Trinajstić information content (AvgIpc) is 2.38. The summed E-state index contributed by atoms with van der Waals surface area (Å²) in [6.07, 6.45) is 4.18. The van der Waals surface area contributed by atoms with Gasteiger partial charge in [0.2, 0.25) is 0 Å². The lowest BCUT2D eigenvalue weighted by Crippen LogP contribution is -1.97. The summed E-state index contributed by atoms with van der Waals surface area (Å²) >= 11 is 0. The molecule has 1 aromatic carbocycles. The number of hydrogen-bond acceptors (Lipinski definition) is 3. The number of hydrogen-bond donors (Lipinski definition) is 1. The van der Waals surface area contributed by atoms with Crippen molar-refractivity contribution in [1.29, 1.82) is 0 Å². The van der Waals surface area contributed by atoms with Crippen molar-refractivity contribution in [2.24, 2.45) is 5.73 Å². The van der Waals surface area contributed by atoms with E-state index in [1.165, 1.54) is 5.57 Å². The maximum atomic E-state index is 5.50. The molecule has 0 atom stereocenters. The summed E-state index contributed by atoms with van der Waals surface area (Å²) in [5, 5.41) is 0. The number of unbranched alkanes of at least 4 members (excludes halogenated alkanes) is 1. The zero-order valence-electron chi connectivity index (χ0n) is 11.7. The molecule has 1 rings (SSSR count). The Morgan fingerprint density at radius 2 is 1.89 bits per heavy atom. The third kappa shape index (κ3) is 3.50. The zero-order chi connectivity index (χ0) is 13.5. The van der Waals surface area contributed by atoms with Gasteiger partial charge < -0.3 is 15.2 Å². The van der Waals surface area contributed by atoms with E-state index in [1.807, 2.05) is 19.1 Å². The van der Waals surface area contributed by atoms with E-state index in [4.69, 9.17) is 15.2 Å². The Labute approximate surface area is 110 Å².